The first kappa shape index (κ1) is 13.9. The molecule has 0 spiro atoms. The smallest absolute Gasteiger partial charge is 0.138 e. The minimum Gasteiger partial charge on any atom is -0.489 e. The number of hydrogen-bond acceptors (Lipinski definition) is 2. The molecule has 2 rings (SSSR count). The van der Waals surface area contributed by atoms with Crippen molar-refractivity contribution in [3.8, 4) is 17.6 Å². The van der Waals surface area contributed by atoms with Crippen LogP contribution in [0, 0.1) is 17.7 Å². The molecule has 1 aliphatic carbocycles. The zero-order valence-electron chi connectivity index (χ0n) is 11.1. The summed E-state index contributed by atoms with van der Waals surface area (Å²) in [5.41, 5.74) is 6.09. The third-order valence-electron chi connectivity index (χ3n) is 3.36. The molecule has 0 saturated heterocycles. The fourth-order valence-corrected chi connectivity index (χ4v) is 2.38. The van der Waals surface area contributed by atoms with Crippen LogP contribution in [-0.2, 0) is 0 Å². The molecule has 1 aromatic carbocycles. The van der Waals surface area contributed by atoms with Crippen LogP contribution in [0.1, 0.15) is 44.1 Å². The van der Waals surface area contributed by atoms with Crippen LogP contribution in [0.25, 0.3) is 0 Å². The lowest BCUT2D eigenvalue weighted by atomic mass is 10.1. The molecule has 1 aliphatic rings. The molecule has 102 valence electrons. The van der Waals surface area contributed by atoms with Crippen LogP contribution < -0.4 is 10.5 Å². The van der Waals surface area contributed by atoms with Crippen molar-refractivity contribution < 1.29 is 9.13 Å². The van der Waals surface area contributed by atoms with E-state index in [-0.39, 0.29) is 11.9 Å². The van der Waals surface area contributed by atoms with Crippen molar-refractivity contribution in [3.05, 3.63) is 29.6 Å². The van der Waals surface area contributed by atoms with Crippen molar-refractivity contribution in [2.75, 3.05) is 6.54 Å². The molecule has 0 heterocycles. The van der Waals surface area contributed by atoms with Crippen LogP contribution in [0.15, 0.2) is 18.2 Å². The molecule has 2 N–H and O–H groups in total. The first-order valence-corrected chi connectivity index (χ1v) is 6.95. The quantitative estimate of drug-likeness (QED) is 0.655. The van der Waals surface area contributed by atoms with Crippen molar-refractivity contribution in [2.45, 2.75) is 44.6 Å². The van der Waals surface area contributed by atoms with Gasteiger partial charge in [0.25, 0.3) is 0 Å². The van der Waals surface area contributed by atoms with Gasteiger partial charge in [0.2, 0.25) is 0 Å². The normalized spacial score (nSPS) is 16.3. The minimum atomic E-state index is -0.290. The van der Waals surface area contributed by atoms with E-state index in [4.69, 9.17) is 10.5 Å². The summed E-state index contributed by atoms with van der Waals surface area (Å²) in [6.45, 7) is 0.292. The molecule has 2 nitrogen and oxygen atoms in total. The van der Waals surface area contributed by atoms with Gasteiger partial charge in [-0.1, -0.05) is 24.7 Å². The van der Waals surface area contributed by atoms with Crippen LogP contribution in [-0.4, -0.2) is 12.6 Å². The molecular formula is C16H20FNO. The first-order chi connectivity index (χ1) is 9.29. The van der Waals surface area contributed by atoms with Crippen molar-refractivity contribution >= 4 is 0 Å². The average molecular weight is 261 g/mol. The SMILES string of the molecule is NCC#Cc1ccc(F)cc1OC1CCCCCC1. The molecular weight excluding hydrogens is 241 g/mol. The Morgan fingerprint density at radius 3 is 2.63 bits per heavy atom. The second-order valence-electron chi connectivity index (χ2n) is 4.88. The van der Waals surface area contributed by atoms with Crippen LogP contribution in [0.5, 0.6) is 5.75 Å². The number of nitrogens with two attached hydrogens (primary N) is 1. The Balaban J connectivity index is 2.14. The largest absolute Gasteiger partial charge is 0.489 e. The fourth-order valence-electron chi connectivity index (χ4n) is 2.38. The van der Waals surface area contributed by atoms with Gasteiger partial charge >= 0.3 is 0 Å². The molecule has 0 aliphatic heterocycles. The standard InChI is InChI=1S/C16H20FNO/c17-14-10-9-13(6-5-11-18)16(12-14)19-15-7-3-1-2-4-8-15/h9-10,12,15H,1-4,7-8,11,18H2. The van der Waals surface area contributed by atoms with E-state index in [0.717, 1.165) is 18.4 Å². The molecule has 0 amide bonds. The molecule has 1 aromatic rings. The summed E-state index contributed by atoms with van der Waals surface area (Å²) >= 11 is 0. The van der Waals surface area contributed by atoms with Crippen molar-refractivity contribution in [3.63, 3.8) is 0 Å². The van der Waals surface area contributed by atoms with Crippen LogP contribution in [0.3, 0.4) is 0 Å². The third-order valence-corrected chi connectivity index (χ3v) is 3.36. The molecule has 3 heteroatoms. The summed E-state index contributed by atoms with van der Waals surface area (Å²) in [6.07, 6.45) is 7.17. The van der Waals surface area contributed by atoms with Gasteiger partial charge in [0.1, 0.15) is 11.6 Å². The number of benzene rings is 1. The Hall–Kier alpha value is -1.53. The van der Waals surface area contributed by atoms with Crippen LogP contribution in [0.4, 0.5) is 4.39 Å². The van der Waals surface area contributed by atoms with Gasteiger partial charge in [-0.05, 0) is 37.8 Å². The summed E-state index contributed by atoms with van der Waals surface area (Å²) in [7, 11) is 0. The highest BCUT2D eigenvalue weighted by Gasteiger charge is 2.15. The van der Waals surface area contributed by atoms with Crippen molar-refractivity contribution in [1.29, 1.82) is 0 Å². The van der Waals surface area contributed by atoms with E-state index in [0.29, 0.717) is 12.3 Å². The summed E-state index contributed by atoms with van der Waals surface area (Å²) in [5, 5.41) is 0. The van der Waals surface area contributed by atoms with Gasteiger partial charge in [-0.2, -0.15) is 0 Å². The van der Waals surface area contributed by atoms with Gasteiger partial charge in [0.15, 0.2) is 0 Å². The minimum absolute atomic E-state index is 0.183. The number of hydrogen-bond donors (Lipinski definition) is 1. The summed E-state index contributed by atoms with van der Waals surface area (Å²) in [4.78, 5) is 0. The number of halogens is 1. The lowest BCUT2D eigenvalue weighted by Crippen LogP contribution is -2.15. The molecule has 0 aromatic heterocycles. The van der Waals surface area contributed by atoms with Gasteiger partial charge in [0.05, 0.1) is 18.2 Å². The zero-order valence-corrected chi connectivity index (χ0v) is 11.1. The molecule has 0 atom stereocenters. The maximum atomic E-state index is 13.4. The fraction of sp³-hybridized carbons (Fsp3) is 0.500. The van der Waals surface area contributed by atoms with Crippen LogP contribution in [0.2, 0.25) is 0 Å². The first-order valence-electron chi connectivity index (χ1n) is 6.95. The highest BCUT2D eigenvalue weighted by molar-refractivity contribution is 5.46. The van der Waals surface area contributed by atoms with Crippen LogP contribution >= 0.6 is 0 Å². The van der Waals surface area contributed by atoms with E-state index in [2.05, 4.69) is 11.8 Å². The number of ether oxygens (including phenoxy) is 1. The average Bonchev–Trinajstić information content (AvgIpc) is 2.66. The predicted octanol–water partition coefficient (Wildman–Crippen LogP) is 3.24. The third kappa shape index (κ3) is 4.25. The number of rotatable bonds is 2. The highest BCUT2D eigenvalue weighted by Crippen LogP contribution is 2.26. The van der Waals surface area contributed by atoms with E-state index >= 15 is 0 Å². The monoisotopic (exact) mass is 261 g/mol. The second-order valence-corrected chi connectivity index (χ2v) is 4.88. The molecule has 19 heavy (non-hydrogen) atoms. The summed E-state index contributed by atoms with van der Waals surface area (Å²) in [6, 6.07) is 4.48. The Kier molecular flexibility index (Phi) is 5.23. The van der Waals surface area contributed by atoms with E-state index in [9.17, 15) is 4.39 Å². The molecule has 0 radical (unpaired) electrons. The van der Waals surface area contributed by atoms with Gasteiger partial charge in [0, 0.05) is 6.07 Å². The summed E-state index contributed by atoms with van der Waals surface area (Å²) < 4.78 is 19.3. The molecule has 1 fully saturated rings. The Morgan fingerprint density at radius 2 is 1.95 bits per heavy atom. The van der Waals surface area contributed by atoms with Crippen molar-refractivity contribution in [2.24, 2.45) is 5.73 Å². The van der Waals surface area contributed by atoms with Gasteiger partial charge in [-0.15, -0.1) is 0 Å². The lowest BCUT2D eigenvalue weighted by molar-refractivity contribution is 0.182. The summed E-state index contributed by atoms with van der Waals surface area (Å²) in [5.74, 6) is 5.99. The highest BCUT2D eigenvalue weighted by atomic mass is 19.1. The second kappa shape index (κ2) is 7.16. The predicted molar refractivity (Wildman–Crippen MR) is 74.5 cm³/mol. The molecule has 1 saturated carbocycles. The Labute approximate surface area is 114 Å². The molecule has 0 bridgehead atoms. The maximum Gasteiger partial charge on any atom is 0.138 e. The van der Waals surface area contributed by atoms with Gasteiger partial charge < -0.3 is 10.5 Å². The van der Waals surface area contributed by atoms with E-state index in [1.54, 1.807) is 6.07 Å². The Morgan fingerprint density at radius 1 is 1.21 bits per heavy atom. The topological polar surface area (TPSA) is 35.2 Å². The van der Waals surface area contributed by atoms with E-state index in [1.807, 2.05) is 0 Å². The molecule has 0 unspecified atom stereocenters. The lowest BCUT2D eigenvalue weighted by Gasteiger charge is -2.18. The Bertz CT molecular complexity index is 467. The zero-order chi connectivity index (χ0) is 13.5. The van der Waals surface area contributed by atoms with Gasteiger partial charge in [-0.25, -0.2) is 4.39 Å². The maximum absolute atomic E-state index is 13.4. The van der Waals surface area contributed by atoms with E-state index in [1.165, 1.54) is 37.8 Å². The van der Waals surface area contributed by atoms with Gasteiger partial charge in [-0.3, -0.25) is 0 Å². The van der Waals surface area contributed by atoms with Crippen molar-refractivity contribution in [1.82, 2.24) is 0 Å². The van der Waals surface area contributed by atoms with E-state index < -0.39 is 0 Å².